The highest BCUT2D eigenvalue weighted by Gasteiger charge is 2.38. The lowest BCUT2D eigenvalue weighted by atomic mass is 10.0. The van der Waals surface area contributed by atoms with E-state index in [4.69, 9.17) is 15.0 Å². The first kappa shape index (κ1) is 10.2. The second kappa shape index (κ2) is 3.82. The Labute approximate surface area is 94.3 Å². The molecule has 1 unspecified atom stereocenters. The molecule has 1 saturated heterocycles. The van der Waals surface area contributed by atoms with Crippen LogP contribution in [0.15, 0.2) is 4.52 Å². The summed E-state index contributed by atoms with van der Waals surface area (Å²) in [5, 5.41) is 4.07. The average molecular weight is 223 g/mol. The molecular weight excluding hydrogens is 206 g/mol. The molecule has 2 heterocycles. The summed E-state index contributed by atoms with van der Waals surface area (Å²) in [5.41, 5.74) is 5.62. The first-order valence-corrected chi connectivity index (χ1v) is 5.99. The molecule has 5 heteroatoms. The largest absolute Gasteiger partial charge is 0.379 e. The highest BCUT2D eigenvalue weighted by atomic mass is 16.5. The number of hydrogen-bond donors (Lipinski definition) is 1. The van der Waals surface area contributed by atoms with E-state index in [2.05, 4.69) is 10.1 Å². The van der Waals surface area contributed by atoms with E-state index >= 15 is 0 Å². The molecule has 0 radical (unpaired) electrons. The number of hydrogen-bond acceptors (Lipinski definition) is 5. The SMILES string of the molecule is NC1(c2nc(C3CCCC3)no2)CCOC1. The van der Waals surface area contributed by atoms with Gasteiger partial charge in [-0.1, -0.05) is 18.0 Å². The van der Waals surface area contributed by atoms with E-state index in [1.807, 2.05) is 0 Å². The molecule has 5 nitrogen and oxygen atoms in total. The molecule has 1 saturated carbocycles. The highest BCUT2D eigenvalue weighted by molar-refractivity contribution is 5.07. The van der Waals surface area contributed by atoms with Gasteiger partial charge < -0.3 is 15.0 Å². The minimum atomic E-state index is -0.552. The Morgan fingerprint density at radius 1 is 1.31 bits per heavy atom. The molecule has 1 aromatic heterocycles. The van der Waals surface area contributed by atoms with Gasteiger partial charge in [-0.2, -0.15) is 4.98 Å². The third-order valence-electron chi connectivity index (χ3n) is 3.64. The maximum absolute atomic E-state index is 6.17. The molecular formula is C11H17N3O2. The van der Waals surface area contributed by atoms with Crippen molar-refractivity contribution in [3.05, 3.63) is 11.7 Å². The molecule has 16 heavy (non-hydrogen) atoms. The quantitative estimate of drug-likeness (QED) is 0.818. The first-order chi connectivity index (χ1) is 7.78. The minimum absolute atomic E-state index is 0.475. The molecule has 1 aliphatic carbocycles. The van der Waals surface area contributed by atoms with E-state index in [1.165, 1.54) is 25.7 Å². The van der Waals surface area contributed by atoms with E-state index < -0.39 is 5.54 Å². The van der Waals surface area contributed by atoms with Gasteiger partial charge in [-0.3, -0.25) is 0 Å². The lowest BCUT2D eigenvalue weighted by Crippen LogP contribution is -2.37. The third kappa shape index (κ3) is 1.64. The fourth-order valence-electron chi connectivity index (χ4n) is 2.54. The van der Waals surface area contributed by atoms with Crippen LogP contribution in [-0.4, -0.2) is 23.4 Å². The Morgan fingerprint density at radius 3 is 2.81 bits per heavy atom. The monoisotopic (exact) mass is 223 g/mol. The summed E-state index contributed by atoms with van der Waals surface area (Å²) in [6.07, 6.45) is 5.65. The van der Waals surface area contributed by atoms with Gasteiger partial charge in [0.2, 0.25) is 5.89 Å². The number of ether oxygens (including phenoxy) is 1. The van der Waals surface area contributed by atoms with Gasteiger partial charge in [0, 0.05) is 12.5 Å². The summed E-state index contributed by atoms with van der Waals surface area (Å²) in [5.74, 6) is 1.86. The van der Waals surface area contributed by atoms with E-state index in [1.54, 1.807) is 0 Å². The summed E-state index contributed by atoms with van der Waals surface area (Å²) in [6, 6.07) is 0. The highest BCUT2D eigenvalue weighted by Crippen LogP contribution is 2.34. The Balaban J connectivity index is 1.81. The average Bonchev–Trinajstić information content (AvgIpc) is 2.98. The Hall–Kier alpha value is -0.940. The number of aromatic nitrogens is 2. The van der Waals surface area contributed by atoms with Crippen molar-refractivity contribution in [2.45, 2.75) is 43.6 Å². The first-order valence-electron chi connectivity index (χ1n) is 5.99. The van der Waals surface area contributed by atoms with Crippen LogP contribution in [-0.2, 0) is 10.3 Å². The predicted octanol–water partition coefficient (Wildman–Crippen LogP) is 1.30. The van der Waals surface area contributed by atoms with Gasteiger partial charge in [0.05, 0.1) is 6.61 Å². The van der Waals surface area contributed by atoms with Crippen LogP contribution in [0.1, 0.15) is 49.7 Å². The fourth-order valence-corrected chi connectivity index (χ4v) is 2.54. The van der Waals surface area contributed by atoms with E-state index in [9.17, 15) is 0 Å². The van der Waals surface area contributed by atoms with Crippen molar-refractivity contribution in [1.82, 2.24) is 10.1 Å². The second-order valence-corrected chi connectivity index (χ2v) is 4.90. The maximum atomic E-state index is 6.17. The van der Waals surface area contributed by atoms with Gasteiger partial charge in [0.15, 0.2) is 5.82 Å². The Bertz CT molecular complexity index is 365. The maximum Gasteiger partial charge on any atom is 0.249 e. The minimum Gasteiger partial charge on any atom is -0.379 e. The molecule has 0 spiro atoms. The smallest absolute Gasteiger partial charge is 0.249 e. The molecule has 1 atom stereocenters. The zero-order valence-electron chi connectivity index (χ0n) is 9.32. The Kier molecular flexibility index (Phi) is 2.44. The molecule has 3 rings (SSSR count). The normalized spacial score (nSPS) is 31.3. The van der Waals surface area contributed by atoms with Gasteiger partial charge in [-0.05, 0) is 19.3 Å². The molecule has 0 bridgehead atoms. The van der Waals surface area contributed by atoms with Crippen LogP contribution in [0.5, 0.6) is 0 Å². The van der Waals surface area contributed by atoms with Crippen LogP contribution in [0.4, 0.5) is 0 Å². The molecule has 1 aromatic rings. The zero-order valence-corrected chi connectivity index (χ0v) is 9.32. The number of rotatable bonds is 2. The molecule has 2 N–H and O–H groups in total. The van der Waals surface area contributed by atoms with Crippen LogP contribution < -0.4 is 5.73 Å². The van der Waals surface area contributed by atoms with E-state index in [-0.39, 0.29) is 0 Å². The Morgan fingerprint density at radius 2 is 2.12 bits per heavy atom. The molecule has 2 fully saturated rings. The van der Waals surface area contributed by atoms with Gasteiger partial charge in [-0.15, -0.1) is 0 Å². The van der Waals surface area contributed by atoms with Crippen molar-refractivity contribution in [2.75, 3.05) is 13.2 Å². The van der Waals surface area contributed by atoms with Gasteiger partial charge in [0.25, 0.3) is 0 Å². The van der Waals surface area contributed by atoms with Crippen molar-refractivity contribution in [1.29, 1.82) is 0 Å². The van der Waals surface area contributed by atoms with Crippen LogP contribution >= 0.6 is 0 Å². The fraction of sp³-hybridized carbons (Fsp3) is 0.818. The lowest BCUT2D eigenvalue weighted by Gasteiger charge is -2.15. The standard InChI is InChI=1S/C11H17N3O2/c12-11(5-6-15-7-11)10-13-9(14-16-10)8-3-1-2-4-8/h8H,1-7,12H2. The molecule has 1 aliphatic heterocycles. The summed E-state index contributed by atoms with van der Waals surface area (Å²) >= 11 is 0. The van der Waals surface area contributed by atoms with Crippen LogP contribution in [0.2, 0.25) is 0 Å². The molecule has 0 amide bonds. The van der Waals surface area contributed by atoms with E-state index in [0.29, 0.717) is 25.0 Å². The molecule has 2 aliphatic rings. The van der Waals surface area contributed by atoms with Crippen molar-refractivity contribution in [2.24, 2.45) is 5.73 Å². The summed E-state index contributed by atoms with van der Waals surface area (Å²) in [6.45, 7) is 1.16. The second-order valence-electron chi connectivity index (χ2n) is 4.90. The van der Waals surface area contributed by atoms with Crippen molar-refractivity contribution in [3.8, 4) is 0 Å². The summed E-state index contributed by atoms with van der Waals surface area (Å²) in [7, 11) is 0. The molecule has 88 valence electrons. The topological polar surface area (TPSA) is 74.2 Å². The van der Waals surface area contributed by atoms with Crippen molar-refractivity contribution < 1.29 is 9.26 Å². The van der Waals surface area contributed by atoms with Gasteiger partial charge >= 0.3 is 0 Å². The zero-order chi connectivity index (χ0) is 11.0. The number of nitrogens with zero attached hydrogens (tertiary/aromatic N) is 2. The number of nitrogens with two attached hydrogens (primary N) is 1. The van der Waals surface area contributed by atoms with Crippen molar-refractivity contribution in [3.63, 3.8) is 0 Å². The predicted molar refractivity (Wildman–Crippen MR) is 56.8 cm³/mol. The van der Waals surface area contributed by atoms with Crippen LogP contribution in [0.25, 0.3) is 0 Å². The summed E-state index contributed by atoms with van der Waals surface area (Å²) < 4.78 is 10.6. The third-order valence-corrected chi connectivity index (χ3v) is 3.64. The molecule has 0 aromatic carbocycles. The summed E-state index contributed by atoms with van der Waals surface area (Å²) in [4.78, 5) is 4.46. The lowest BCUT2D eigenvalue weighted by molar-refractivity contribution is 0.166. The van der Waals surface area contributed by atoms with Gasteiger partial charge in [-0.25, -0.2) is 0 Å². The van der Waals surface area contributed by atoms with E-state index in [0.717, 1.165) is 12.2 Å². The van der Waals surface area contributed by atoms with Crippen molar-refractivity contribution >= 4 is 0 Å². The van der Waals surface area contributed by atoms with Gasteiger partial charge in [0.1, 0.15) is 5.54 Å². The van der Waals surface area contributed by atoms with Crippen LogP contribution in [0.3, 0.4) is 0 Å². The van der Waals surface area contributed by atoms with Crippen LogP contribution in [0, 0.1) is 0 Å².